The Balaban J connectivity index is 2.37. The topological polar surface area (TPSA) is 62.3 Å². The Hall–Kier alpha value is -1.69. The van der Waals surface area contributed by atoms with E-state index in [9.17, 15) is 8.78 Å². The molecule has 0 bridgehead atoms. The second kappa shape index (κ2) is 5.13. The first kappa shape index (κ1) is 13.7. The number of hydrogen-bond acceptors (Lipinski definition) is 3. The third kappa shape index (κ3) is 2.84. The van der Waals surface area contributed by atoms with Gasteiger partial charge in [0, 0.05) is 18.7 Å². The molecule has 1 aromatic carbocycles. The van der Waals surface area contributed by atoms with E-state index >= 15 is 0 Å². The van der Waals surface area contributed by atoms with E-state index in [0.29, 0.717) is 13.1 Å². The summed E-state index contributed by atoms with van der Waals surface area (Å²) in [6.45, 7) is 4.58. The molecule has 0 aromatic heterocycles. The summed E-state index contributed by atoms with van der Waals surface area (Å²) >= 11 is 0. The normalized spacial score (nSPS) is 23.5. The van der Waals surface area contributed by atoms with E-state index in [2.05, 4.69) is 0 Å². The van der Waals surface area contributed by atoms with Gasteiger partial charge in [-0.15, -0.1) is 0 Å². The van der Waals surface area contributed by atoms with Gasteiger partial charge < -0.3 is 15.4 Å². The van der Waals surface area contributed by atoms with Crippen molar-refractivity contribution in [3.8, 4) is 0 Å². The minimum atomic E-state index is -0.702. The zero-order valence-corrected chi connectivity index (χ0v) is 10.9. The minimum Gasteiger partial charge on any atom is -0.384 e. The predicted molar refractivity (Wildman–Crippen MR) is 69.6 cm³/mol. The molecule has 1 saturated heterocycles. The monoisotopic (exact) mass is 269 g/mol. The van der Waals surface area contributed by atoms with Crippen LogP contribution in [-0.2, 0) is 4.74 Å². The lowest BCUT2D eigenvalue weighted by Crippen LogP contribution is -2.46. The second-order valence-electron chi connectivity index (χ2n) is 4.86. The van der Waals surface area contributed by atoms with Crippen LogP contribution < -0.4 is 10.6 Å². The van der Waals surface area contributed by atoms with E-state index in [-0.39, 0.29) is 29.3 Å². The summed E-state index contributed by atoms with van der Waals surface area (Å²) in [5, 5.41) is 7.22. The molecule has 2 atom stereocenters. The number of hydrogen-bond donors (Lipinski definition) is 2. The molecule has 19 heavy (non-hydrogen) atoms. The Morgan fingerprint density at radius 1 is 1.26 bits per heavy atom. The summed E-state index contributed by atoms with van der Waals surface area (Å²) in [6, 6.07) is 2.18. The first-order valence-electron chi connectivity index (χ1n) is 6.12. The van der Waals surface area contributed by atoms with E-state index < -0.39 is 11.6 Å². The van der Waals surface area contributed by atoms with Crippen LogP contribution in [-0.4, -0.2) is 31.1 Å². The molecule has 0 spiro atoms. The van der Waals surface area contributed by atoms with Crippen LogP contribution in [0, 0.1) is 17.0 Å². The number of nitrogens with zero attached hydrogens (tertiary/aromatic N) is 1. The molecular formula is C13H17F2N3O. The number of ether oxygens (including phenoxy) is 1. The van der Waals surface area contributed by atoms with Crippen molar-refractivity contribution in [2.24, 2.45) is 5.73 Å². The van der Waals surface area contributed by atoms with Gasteiger partial charge in [0.05, 0.1) is 12.2 Å². The Kier molecular flexibility index (Phi) is 3.71. The summed E-state index contributed by atoms with van der Waals surface area (Å²) in [4.78, 5) is 1.63. The number of nitrogens with two attached hydrogens (primary N) is 1. The van der Waals surface area contributed by atoms with E-state index in [4.69, 9.17) is 15.9 Å². The van der Waals surface area contributed by atoms with Crippen LogP contribution in [0.1, 0.15) is 19.4 Å². The van der Waals surface area contributed by atoms with Crippen molar-refractivity contribution in [2.45, 2.75) is 26.1 Å². The van der Waals surface area contributed by atoms with Gasteiger partial charge in [-0.05, 0) is 26.0 Å². The van der Waals surface area contributed by atoms with E-state index in [1.54, 1.807) is 4.90 Å². The quantitative estimate of drug-likeness (QED) is 0.636. The standard InChI is InChI=1S/C13H17F2N3O/c1-7-5-18(6-8(2)19-7)12-10(14)3-9(13(16)17)4-11(12)15/h3-4,7-8H,5-6H2,1-2H3,(H3,16,17). The molecule has 0 amide bonds. The lowest BCUT2D eigenvalue weighted by Gasteiger charge is -2.37. The first-order valence-corrected chi connectivity index (χ1v) is 6.12. The molecule has 0 aliphatic carbocycles. The summed E-state index contributed by atoms with van der Waals surface area (Å²) in [5.74, 6) is -1.76. The SMILES string of the molecule is CC1CN(c2c(F)cc(C(=N)N)cc2F)CC(C)O1. The third-order valence-electron chi connectivity index (χ3n) is 3.06. The Labute approximate surface area is 110 Å². The Morgan fingerprint density at radius 2 is 1.74 bits per heavy atom. The molecule has 1 aliphatic heterocycles. The first-order chi connectivity index (χ1) is 8.88. The molecule has 1 aliphatic rings. The fraction of sp³-hybridized carbons (Fsp3) is 0.462. The molecule has 6 heteroatoms. The van der Waals surface area contributed by atoms with Gasteiger partial charge in [0.1, 0.15) is 23.2 Å². The lowest BCUT2D eigenvalue weighted by molar-refractivity contribution is -0.00558. The number of nitrogen functional groups attached to an aromatic ring is 1. The largest absolute Gasteiger partial charge is 0.384 e. The highest BCUT2D eigenvalue weighted by molar-refractivity contribution is 5.95. The van der Waals surface area contributed by atoms with Gasteiger partial charge in [-0.2, -0.15) is 0 Å². The number of amidine groups is 1. The zero-order valence-electron chi connectivity index (χ0n) is 10.9. The van der Waals surface area contributed by atoms with Gasteiger partial charge >= 0.3 is 0 Å². The fourth-order valence-corrected chi connectivity index (χ4v) is 2.38. The molecule has 4 nitrogen and oxygen atoms in total. The molecule has 0 radical (unpaired) electrons. The second-order valence-corrected chi connectivity index (χ2v) is 4.86. The molecular weight excluding hydrogens is 252 g/mol. The molecule has 2 rings (SSSR count). The maximum Gasteiger partial charge on any atom is 0.150 e. The summed E-state index contributed by atoms with van der Waals surface area (Å²) < 4.78 is 33.6. The van der Waals surface area contributed by atoms with Gasteiger partial charge in [-0.1, -0.05) is 0 Å². The Bertz CT molecular complexity index is 474. The van der Waals surface area contributed by atoms with Gasteiger partial charge in [0.25, 0.3) is 0 Å². The number of anilines is 1. The molecule has 104 valence electrons. The van der Waals surface area contributed by atoms with E-state index in [1.165, 1.54) is 0 Å². The predicted octanol–water partition coefficient (Wildman–Crippen LogP) is 1.86. The average molecular weight is 269 g/mol. The molecule has 1 fully saturated rings. The molecule has 1 aromatic rings. The number of morpholine rings is 1. The minimum absolute atomic E-state index is 0.0492. The van der Waals surface area contributed by atoms with Crippen LogP contribution in [0.2, 0.25) is 0 Å². The number of rotatable bonds is 2. The van der Waals surface area contributed by atoms with Crippen molar-refractivity contribution in [2.75, 3.05) is 18.0 Å². The van der Waals surface area contributed by atoms with Crippen molar-refractivity contribution in [1.29, 1.82) is 5.41 Å². The molecule has 2 unspecified atom stereocenters. The fourth-order valence-electron chi connectivity index (χ4n) is 2.38. The van der Waals surface area contributed by atoms with Gasteiger partial charge in [-0.3, -0.25) is 5.41 Å². The van der Waals surface area contributed by atoms with Crippen molar-refractivity contribution in [1.82, 2.24) is 0 Å². The highest BCUT2D eigenvalue weighted by Gasteiger charge is 2.27. The third-order valence-corrected chi connectivity index (χ3v) is 3.06. The maximum absolute atomic E-state index is 14.0. The average Bonchev–Trinajstić information content (AvgIpc) is 2.26. The number of benzene rings is 1. The van der Waals surface area contributed by atoms with Crippen LogP contribution in [0.4, 0.5) is 14.5 Å². The number of halogens is 2. The summed E-state index contributed by atoms with van der Waals surface area (Å²) in [7, 11) is 0. The Morgan fingerprint density at radius 3 is 2.16 bits per heavy atom. The molecule has 3 N–H and O–H groups in total. The number of nitrogens with one attached hydrogen (secondary N) is 1. The molecule has 1 heterocycles. The van der Waals surface area contributed by atoms with E-state index in [0.717, 1.165) is 12.1 Å². The van der Waals surface area contributed by atoms with Crippen molar-refractivity contribution in [3.05, 3.63) is 29.3 Å². The highest BCUT2D eigenvalue weighted by atomic mass is 19.1. The lowest BCUT2D eigenvalue weighted by atomic mass is 10.1. The van der Waals surface area contributed by atoms with Gasteiger partial charge in [0.2, 0.25) is 0 Å². The molecule has 0 saturated carbocycles. The zero-order chi connectivity index (χ0) is 14.2. The summed E-state index contributed by atoms with van der Waals surface area (Å²) in [6.07, 6.45) is -0.176. The van der Waals surface area contributed by atoms with Crippen LogP contribution in [0.5, 0.6) is 0 Å². The van der Waals surface area contributed by atoms with Crippen LogP contribution in [0.3, 0.4) is 0 Å². The summed E-state index contributed by atoms with van der Waals surface area (Å²) in [5.41, 5.74) is 5.21. The highest BCUT2D eigenvalue weighted by Crippen LogP contribution is 2.27. The van der Waals surface area contributed by atoms with Crippen molar-refractivity contribution < 1.29 is 13.5 Å². The van der Waals surface area contributed by atoms with Gasteiger partial charge in [-0.25, -0.2) is 8.78 Å². The van der Waals surface area contributed by atoms with Crippen molar-refractivity contribution in [3.63, 3.8) is 0 Å². The van der Waals surface area contributed by atoms with Crippen LogP contribution in [0.15, 0.2) is 12.1 Å². The van der Waals surface area contributed by atoms with Crippen LogP contribution >= 0.6 is 0 Å². The smallest absolute Gasteiger partial charge is 0.150 e. The maximum atomic E-state index is 14.0. The van der Waals surface area contributed by atoms with E-state index in [1.807, 2.05) is 13.8 Å². The van der Waals surface area contributed by atoms with Gasteiger partial charge in [0.15, 0.2) is 0 Å². The van der Waals surface area contributed by atoms with Crippen LogP contribution in [0.25, 0.3) is 0 Å². The van der Waals surface area contributed by atoms with Crippen molar-refractivity contribution >= 4 is 11.5 Å².